The molecule has 0 saturated heterocycles. The van der Waals surface area contributed by atoms with Gasteiger partial charge in [0.25, 0.3) is 0 Å². The van der Waals surface area contributed by atoms with Crippen molar-refractivity contribution in [2.24, 2.45) is 0 Å². The van der Waals surface area contributed by atoms with E-state index in [-0.39, 0.29) is 11.6 Å². The maximum atomic E-state index is 12.9. The Labute approximate surface area is 106 Å². The molecule has 0 radical (unpaired) electrons. The molecule has 0 saturated carbocycles. The molecule has 0 aliphatic carbocycles. The fraction of sp³-hybridized carbons (Fsp3) is 0.462. The molecule has 94 valence electrons. The summed E-state index contributed by atoms with van der Waals surface area (Å²) in [7, 11) is 2.00. The maximum Gasteiger partial charge on any atom is 0.164 e. The number of thioether (sulfide) groups is 1. The second-order valence-electron chi connectivity index (χ2n) is 3.98. The summed E-state index contributed by atoms with van der Waals surface area (Å²) in [5.41, 5.74) is 0.461. The Balaban J connectivity index is 2.39. The number of hydrogen-bond donors (Lipinski definition) is 0. The van der Waals surface area contributed by atoms with Crippen molar-refractivity contribution in [1.82, 2.24) is 4.90 Å². The van der Waals surface area contributed by atoms with E-state index in [1.807, 2.05) is 7.05 Å². The zero-order valence-electron chi connectivity index (χ0n) is 10.3. The van der Waals surface area contributed by atoms with Crippen molar-refractivity contribution < 1.29 is 9.18 Å². The van der Waals surface area contributed by atoms with Gasteiger partial charge in [0.05, 0.1) is 0 Å². The quantitative estimate of drug-likeness (QED) is 0.699. The van der Waals surface area contributed by atoms with Crippen LogP contribution >= 0.6 is 11.8 Å². The van der Waals surface area contributed by atoms with Crippen LogP contribution in [0.15, 0.2) is 24.3 Å². The smallest absolute Gasteiger partial charge is 0.164 e. The molecule has 4 heteroatoms. The molecule has 17 heavy (non-hydrogen) atoms. The van der Waals surface area contributed by atoms with Crippen LogP contribution in [0.5, 0.6) is 0 Å². The third-order valence-corrected chi connectivity index (χ3v) is 3.14. The third kappa shape index (κ3) is 5.33. The molecular formula is C13H18FNOS. The van der Waals surface area contributed by atoms with Crippen LogP contribution in [-0.2, 0) is 0 Å². The minimum absolute atomic E-state index is 0.000464. The Kier molecular flexibility index (Phi) is 6.22. The predicted molar refractivity (Wildman–Crippen MR) is 71.2 cm³/mol. The van der Waals surface area contributed by atoms with Gasteiger partial charge in [0.2, 0.25) is 0 Å². The van der Waals surface area contributed by atoms with Crippen molar-refractivity contribution >= 4 is 17.5 Å². The Morgan fingerprint density at radius 1 is 1.41 bits per heavy atom. The first kappa shape index (κ1) is 14.2. The van der Waals surface area contributed by atoms with Crippen LogP contribution in [0.1, 0.15) is 16.8 Å². The summed E-state index contributed by atoms with van der Waals surface area (Å²) < 4.78 is 12.9. The van der Waals surface area contributed by atoms with E-state index in [1.54, 1.807) is 23.9 Å². The number of carbonyl (C=O) groups is 1. The topological polar surface area (TPSA) is 20.3 Å². The molecule has 0 amide bonds. The highest BCUT2D eigenvalue weighted by atomic mass is 32.2. The molecule has 1 aromatic carbocycles. The van der Waals surface area contributed by atoms with E-state index in [4.69, 9.17) is 0 Å². The van der Waals surface area contributed by atoms with E-state index >= 15 is 0 Å². The molecule has 1 aromatic rings. The summed E-state index contributed by atoms with van der Waals surface area (Å²) in [6, 6.07) is 5.87. The van der Waals surface area contributed by atoms with Gasteiger partial charge in [0.1, 0.15) is 5.82 Å². The second-order valence-corrected chi connectivity index (χ2v) is 4.97. The lowest BCUT2D eigenvalue weighted by Crippen LogP contribution is -2.24. The fourth-order valence-corrected chi connectivity index (χ4v) is 1.95. The van der Waals surface area contributed by atoms with Crippen molar-refractivity contribution in [3.63, 3.8) is 0 Å². The largest absolute Gasteiger partial charge is 0.305 e. The molecule has 2 nitrogen and oxygen atoms in total. The van der Waals surface area contributed by atoms with Gasteiger partial charge in [-0.05, 0) is 25.4 Å². The Hall–Kier alpha value is -0.870. The average Bonchev–Trinajstić information content (AvgIpc) is 2.33. The van der Waals surface area contributed by atoms with Gasteiger partial charge in [0.15, 0.2) is 5.78 Å². The number of benzene rings is 1. The Bertz CT molecular complexity index is 370. The first-order chi connectivity index (χ1) is 8.13. The Morgan fingerprint density at radius 3 is 2.82 bits per heavy atom. The van der Waals surface area contributed by atoms with E-state index in [1.165, 1.54) is 12.1 Å². The molecule has 0 spiro atoms. The summed E-state index contributed by atoms with van der Waals surface area (Å²) in [5, 5.41) is 0. The van der Waals surface area contributed by atoms with Crippen LogP contribution in [0.2, 0.25) is 0 Å². The summed E-state index contributed by atoms with van der Waals surface area (Å²) in [6.45, 7) is 1.69. The number of nitrogens with zero attached hydrogens (tertiary/aromatic N) is 1. The van der Waals surface area contributed by atoms with Crippen LogP contribution in [0.4, 0.5) is 4.39 Å². The van der Waals surface area contributed by atoms with Crippen molar-refractivity contribution in [3.8, 4) is 0 Å². The molecule has 0 unspecified atom stereocenters. The molecule has 0 atom stereocenters. The van der Waals surface area contributed by atoms with Crippen LogP contribution in [-0.4, -0.2) is 42.8 Å². The number of halogens is 1. The molecular weight excluding hydrogens is 237 g/mol. The van der Waals surface area contributed by atoms with Crippen LogP contribution in [0, 0.1) is 5.82 Å². The zero-order valence-corrected chi connectivity index (χ0v) is 11.1. The van der Waals surface area contributed by atoms with Crippen LogP contribution in [0.25, 0.3) is 0 Å². The van der Waals surface area contributed by atoms with Crippen molar-refractivity contribution in [2.45, 2.75) is 6.42 Å². The number of Topliss-reactive ketones (excluding diaryl/α,β-unsaturated/α-hetero) is 1. The van der Waals surface area contributed by atoms with E-state index in [0.717, 1.165) is 18.8 Å². The zero-order chi connectivity index (χ0) is 12.7. The lowest BCUT2D eigenvalue weighted by Gasteiger charge is -2.15. The van der Waals surface area contributed by atoms with Gasteiger partial charge in [-0.25, -0.2) is 4.39 Å². The van der Waals surface area contributed by atoms with Gasteiger partial charge in [0, 0.05) is 30.8 Å². The number of rotatable bonds is 7. The maximum absolute atomic E-state index is 12.9. The van der Waals surface area contributed by atoms with Gasteiger partial charge in [-0.3, -0.25) is 4.79 Å². The summed E-state index contributed by atoms with van der Waals surface area (Å²) in [6.07, 6.45) is 2.50. The molecule has 1 rings (SSSR count). The minimum Gasteiger partial charge on any atom is -0.305 e. The van der Waals surface area contributed by atoms with Crippen molar-refractivity contribution in [3.05, 3.63) is 35.6 Å². The molecule has 0 aliphatic rings. The van der Waals surface area contributed by atoms with E-state index < -0.39 is 0 Å². The molecule has 0 heterocycles. The highest BCUT2D eigenvalue weighted by Crippen LogP contribution is 2.07. The van der Waals surface area contributed by atoms with Crippen LogP contribution < -0.4 is 0 Å². The standard InChI is InChI=1S/C13H18FNOS/c1-15(8-9-17-2)7-6-13(16)11-4-3-5-12(14)10-11/h3-5,10H,6-9H2,1-2H3. The van der Waals surface area contributed by atoms with Gasteiger partial charge in [-0.1, -0.05) is 12.1 Å². The van der Waals surface area contributed by atoms with Gasteiger partial charge >= 0.3 is 0 Å². The van der Waals surface area contributed by atoms with Crippen molar-refractivity contribution in [1.29, 1.82) is 0 Å². The first-order valence-electron chi connectivity index (χ1n) is 5.59. The molecule has 0 aromatic heterocycles. The highest BCUT2D eigenvalue weighted by Gasteiger charge is 2.08. The van der Waals surface area contributed by atoms with Crippen LogP contribution in [0.3, 0.4) is 0 Å². The SMILES string of the molecule is CSCCN(C)CCC(=O)c1cccc(F)c1. The van der Waals surface area contributed by atoms with Gasteiger partial charge in [-0.2, -0.15) is 11.8 Å². The average molecular weight is 255 g/mol. The van der Waals surface area contributed by atoms with Gasteiger partial charge in [-0.15, -0.1) is 0 Å². The molecule has 0 fully saturated rings. The monoisotopic (exact) mass is 255 g/mol. The minimum atomic E-state index is -0.355. The predicted octanol–water partition coefficient (Wildman–Crippen LogP) is 2.69. The van der Waals surface area contributed by atoms with Crippen molar-refractivity contribution in [2.75, 3.05) is 32.1 Å². The lowest BCUT2D eigenvalue weighted by molar-refractivity contribution is 0.0969. The summed E-state index contributed by atoms with van der Waals surface area (Å²) in [4.78, 5) is 13.9. The third-order valence-electron chi connectivity index (χ3n) is 2.54. The van der Waals surface area contributed by atoms with Gasteiger partial charge < -0.3 is 4.90 Å². The fourth-order valence-electron chi connectivity index (χ4n) is 1.46. The molecule has 0 N–H and O–H groups in total. The molecule has 0 aliphatic heterocycles. The first-order valence-corrected chi connectivity index (χ1v) is 6.99. The second kappa shape index (κ2) is 7.45. The Morgan fingerprint density at radius 2 is 2.18 bits per heavy atom. The number of carbonyl (C=O) groups excluding carboxylic acids is 1. The normalized spacial score (nSPS) is 10.8. The number of hydrogen-bond acceptors (Lipinski definition) is 3. The lowest BCUT2D eigenvalue weighted by atomic mass is 10.1. The summed E-state index contributed by atoms with van der Waals surface area (Å²) in [5.74, 6) is 0.706. The molecule has 0 bridgehead atoms. The summed E-state index contributed by atoms with van der Waals surface area (Å²) >= 11 is 1.79. The van der Waals surface area contributed by atoms with E-state index in [2.05, 4.69) is 11.2 Å². The highest BCUT2D eigenvalue weighted by molar-refractivity contribution is 7.98. The van der Waals surface area contributed by atoms with E-state index in [9.17, 15) is 9.18 Å². The number of ketones is 1. The van der Waals surface area contributed by atoms with E-state index in [0.29, 0.717) is 12.0 Å².